The van der Waals surface area contributed by atoms with Crippen molar-refractivity contribution in [2.24, 2.45) is 0 Å². The van der Waals surface area contributed by atoms with Crippen molar-refractivity contribution in [3.05, 3.63) is 23.8 Å². The second-order valence-corrected chi connectivity index (χ2v) is 2.90. The van der Waals surface area contributed by atoms with Gasteiger partial charge in [0.05, 0.1) is 13.2 Å². The van der Waals surface area contributed by atoms with Crippen LogP contribution in [0.1, 0.15) is 12.5 Å². The third-order valence-corrected chi connectivity index (χ3v) is 1.79. The van der Waals surface area contributed by atoms with Gasteiger partial charge in [-0.25, -0.2) is 0 Å². The Morgan fingerprint density at radius 3 is 2.83 bits per heavy atom. The molecule has 0 radical (unpaired) electrons. The van der Waals surface area contributed by atoms with E-state index in [9.17, 15) is 0 Å². The van der Waals surface area contributed by atoms with Crippen LogP contribution in [0.15, 0.2) is 23.1 Å². The highest BCUT2D eigenvalue weighted by Gasteiger charge is 2.01. The second kappa shape index (κ2) is 4.38. The van der Waals surface area contributed by atoms with Gasteiger partial charge < -0.3 is 9.84 Å². The van der Waals surface area contributed by atoms with Crippen molar-refractivity contribution in [2.45, 2.75) is 18.4 Å². The molecule has 1 aromatic carbocycles. The molecule has 0 amide bonds. The monoisotopic (exact) mass is 184 g/mol. The van der Waals surface area contributed by atoms with Crippen LogP contribution in [0.5, 0.6) is 5.75 Å². The van der Waals surface area contributed by atoms with Crippen molar-refractivity contribution in [1.29, 1.82) is 0 Å². The fourth-order valence-corrected chi connectivity index (χ4v) is 1.22. The number of aliphatic hydroxyl groups excluding tert-OH is 1. The Kier molecular flexibility index (Phi) is 3.44. The van der Waals surface area contributed by atoms with Gasteiger partial charge >= 0.3 is 0 Å². The van der Waals surface area contributed by atoms with Gasteiger partial charge in [0.25, 0.3) is 0 Å². The molecule has 0 heterocycles. The van der Waals surface area contributed by atoms with E-state index in [4.69, 9.17) is 9.84 Å². The molecule has 0 fully saturated rings. The van der Waals surface area contributed by atoms with Gasteiger partial charge in [0, 0.05) is 10.5 Å². The van der Waals surface area contributed by atoms with Crippen LogP contribution in [0.25, 0.3) is 0 Å². The molecular weight excluding hydrogens is 172 g/mol. The summed E-state index contributed by atoms with van der Waals surface area (Å²) in [6.45, 7) is 2.51. The number of aliphatic hydroxyl groups is 1. The van der Waals surface area contributed by atoms with Crippen molar-refractivity contribution in [3.8, 4) is 5.75 Å². The smallest absolute Gasteiger partial charge is 0.124 e. The van der Waals surface area contributed by atoms with E-state index < -0.39 is 0 Å². The summed E-state index contributed by atoms with van der Waals surface area (Å²) in [5.74, 6) is 0.734. The van der Waals surface area contributed by atoms with E-state index in [1.54, 1.807) is 6.07 Å². The maximum absolute atomic E-state index is 8.96. The number of thiol groups is 1. The molecule has 0 atom stereocenters. The molecule has 3 heteroatoms. The first-order valence-electron chi connectivity index (χ1n) is 3.83. The highest BCUT2D eigenvalue weighted by molar-refractivity contribution is 7.80. The normalized spacial score (nSPS) is 9.92. The van der Waals surface area contributed by atoms with E-state index in [0.29, 0.717) is 6.61 Å². The van der Waals surface area contributed by atoms with E-state index in [1.807, 2.05) is 19.1 Å². The van der Waals surface area contributed by atoms with Crippen LogP contribution in [0.3, 0.4) is 0 Å². The van der Waals surface area contributed by atoms with Crippen LogP contribution >= 0.6 is 12.6 Å². The Balaban J connectivity index is 2.94. The maximum Gasteiger partial charge on any atom is 0.124 e. The summed E-state index contributed by atoms with van der Waals surface area (Å²) in [6.07, 6.45) is 0. The van der Waals surface area contributed by atoms with Gasteiger partial charge in [-0.1, -0.05) is 0 Å². The summed E-state index contributed by atoms with van der Waals surface area (Å²) in [7, 11) is 0. The van der Waals surface area contributed by atoms with Crippen LogP contribution in [0, 0.1) is 0 Å². The molecule has 0 bridgehead atoms. The quantitative estimate of drug-likeness (QED) is 0.702. The van der Waals surface area contributed by atoms with Crippen LogP contribution < -0.4 is 4.74 Å². The van der Waals surface area contributed by atoms with Crippen molar-refractivity contribution in [1.82, 2.24) is 0 Å². The predicted molar refractivity (Wildman–Crippen MR) is 50.8 cm³/mol. The van der Waals surface area contributed by atoms with Gasteiger partial charge in [0.1, 0.15) is 5.75 Å². The van der Waals surface area contributed by atoms with Crippen LogP contribution in [0.2, 0.25) is 0 Å². The average Bonchev–Trinajstić information content (AvgIpc) is 2.08. The molecule has 0 unspecified atom stereocenters. The zero-order valence-electron chi connectivity index (χ0n) is 6.95. The summed E-state index contributed by atoms with van der Waals surface area (Å²) < 4.78 is 5.29. The van der Waals surface area contributed by atoms with E-state index in [2.05, 4.69) is 12.6 Å². The molecule has 0 aliphatic rings. The van der Waals surface area contributed by atoms with Gasteiger partial charge in [-0.05, 0) is 25.1 Å². The van der Waals surface area contributed by atoms with Crippen molar-refractivity contribution >= 4 is 12.6 Å². The fourth-order valence-electron chi connectivity index (χ4n) is 0.986. The second-order valence-electron chi connectivity index (χ2n) is 2.38. The molecule has 2 nitrogen and oxygen atoms in total. The zero-order chi connectivity index (χ0) is 8.97. The summed E-state index contributed by atoms with van der Waals surface area (Å²) in [4.78, 5) is 0.836. The Bertz CT molecular complexity index is 261. The van der Waals surface area contributed by atoms with Gasteiger partial charge in [-0.2, -0.15) is 0 Å². The third kappa shape index (κ3) is 2.16. The zero-order valence-corrected chi connectivity index (χ0v) is 7.84. The van der Waals surface area contributed by atoms with Crippen molar-refractivity contribution in [2.75, 3.05) is 6.61 Å². The Morgan fingerprint density at radius 2 is 2.25 bits per heavy atom. The summed E-state index contributed by atoms with van der Waals surface area (Å²) in [5.41, 5.74) is 0.782. The molecule has 1 rings (SSSR count). The molecule has 66 valence electrons. The van der Waals surface area contributed by atoms with Crippen molar-refractivity contribution in [3.63, 3.8) is 0 Å². The first kappa shape index (κ1) is 9.42. The number of ether oxygens (including phenoxy) is 1. The highest BCUT2D eigenvalue weighted by atomic mass is 32.1. The van der Waals surface area contributed by atoms with Crippen LogP contribution in [-0.2, 0) is 6.61 Å². The molecule has 0 spiro atoms. The molecule has 1 aromatic rings. The average molecular weight is 184 g/mol. The molecule has 1 N–H and O–H groups in total. The van der Waals surface area contributed by atoms with Gasteiger partial charge in [-0.3, -0.25) is 0 Å². The number of rotatable bonds is 3. The summed E-state index contributed by atoms with van der Waals surface area (Å²) in [5, 5.41) is 8.96. The first-order valence-corrected chi connectivity index (χ1v) is 4.28. The standard InChI is InChI=1S/C9H12O2S/c1-2-11-9-4-3-8(12)5-7(9)6-10/h3-5,10,12H,2,6H2,1H3. The Morgan fingerprint density at radius 1 is 1.50 bits per heavy atom. The van der Waals surface area contributed by atoms with Gasteiger partial charge in [0.2, 0.25) is 0 Å². The SMILES string of the molecule is CCOc1ccc(S)cc1CO. The first-order chi connectivity index (χ1) is 5.77. The predicted octanol–water partition coefficient (Wildman–Crippen LogP) is 1.87. The highest BCUT2D eigenvalue weighted by Crippen LogP contribution is 2.21. The van der Waals surface area contributed by atoms with E-state index in [-0.39, 0.29) is 6.61 Å². The minimum absolute atomic E-state index is 0.0102. The maximum atomic E-state index is 8.96. The number of hydrogen-bond donors (Lipinski definition) is 2. The minimum Gasteiger partial charge on any atom is -0.494 e. The number of hydrogen-bond acceptors (Lipinski definition) is 3. The van der Waals surface area contributed by atoms with Crippen LogP contribution in [0.4, 0.5) is 0 Å². The number of benzene rings is 1. The van der Waals surface area contributed by atoms with Crippen molar-refractivity contribution < 1.29 is 9.84 Å². The molecule has 12 heavy (non-hydrogen) atoms. The van der Waals surface area contributed by atoms with E-state index >= 15 is 0 Å². The molecule has 0 aromatic heterocycles. The molecule has 0 aliphatic heterocycles. The summed E-state index contributed by atoms with van der Waals surface area (Å²) >= 11 is 4.16. The molecule has 0 saturated carbocycles. The third-order valence-electron chi connectivity index (χ3n) is 1.51. The van der Waals surface area contributed by atoms with E-state index in [1.165, 1.54) is 0 Å². The van der Waals surface area contributed by atoms with Gasteiger partial charge in [-0.15, -0.1) is 12.6 Å². The van der Waals surface area contributed by atoms with E-state index in [0.717, 1.165) is 16.2 Å². The molecular formula is C9H12O2S. The fraction of sp³-hybridized carbons (Fsp3) is 0.333. The summed E-state index contributed by atoms with van der Waals surface area (Å²) in [6, 6.07) is 5.46. The molecule has 0 saturated heterocycles. The van der Waals surface area contributed by atoms with Gasteiger partial charge in [0.15, 0.2) is 0 Å². The lowest BCUT2D eigenvalue weighted by Crippen LogP contribution is -1.96. The lowest BCUT2D eigenvalue weighted by molar-refractivity contribution is 0.266. The topological polar surface area (TPSA) is 29.5 Å². The molecule has 0 aliphatic carbocycles. The Hall–Kier alpha value is -0.670. The minimum atomic E-state index is -0.0102. The van der Waals surface area contributed by atoms with Crippen LogP contribution in [-0.4, -0.2) is 11.7 Å². The Labute approximate surface area is 77.6 Å². The largest absolute Gasteiger partial charge is 0.494 e. The lowest BCUT2D eigenvalue weighted by Gasteiger charge is -2.07. The lowest BCUT2D eigenvalue weighted by atomic mass is 10.2.